The Bertz CT molecular complexity index is 1510. The number of hydrogen-bond acceptors (Lipinski definition) is 5. The van der Waals surface area contributed by atoms with Crippen molar-refractivity contribution < 1.29 is 4.79 Å². The third kappa shape index (κ3) is 4.41. The molecular weight excluding hydrogens is 498 g/mol. The number of fused-ring (bicyclic) bond motifs is 3. The van der Waals surface area contributed by atoms with Gasteiger partial charge in [-0.1, -0.05) is 29.4 Å². The number of aromatic nitrogens is 3. The minimum atomic E-state index is -0.0230. The lowest BCUT2D eigenvalue weighted by molar-refractivity contribution is 0.102. The number of carbonyl (C=O) groups excluding carboxylic acids is 1. The molecule has 0 atom stereocenters. The lowest BCUT2D eigenvalue weighted by Crippen LogP contribution is -2.23. The Hall–Kier alpha value is -2.61. The van der Waals surface area contributed by atoms with Crippen molar-refractivity contribution in [1.29, 1.82) is 0 Å². The van der Waals surface area contributed by atoms with Crippen LogP contribution in [-0.4, -0.2) is 25.7 Å². The second kappa shape index (κ2) is 9.80. The van der Waals surface area contributed by atoms with Crippen molar-refractivity contribution in [3.63, 3.8) is 0 Å². The first-order valence-corrected chi connectivity index (χ1v) is 13.8. The number of ketones is 1. The molecule has 0 bridgehead atoms. The summed E-state index contributed by atoms with van der Waals surface area (Å²) in [6.07, 6.45) is 5.93. The van der Waals surface area contributed by atoms with Crippen molar-refractivity contribution in [2.45, 2.75) is 51.2 Å². The summed E-state index contributed by atoms with van der Waals surface area (Å²) in [5.41, 5.74) is 4.65. The summed E-state index contributed by atoms with van der Waals surface area (Å²) >= 11 is 9.00. The molecule has 0 unspecified atom stereocenters. The molecule has 0 N–H and O–H groups in total. The van der Waals surface area contributed by atoms with Crippen molar-refractivity contribution in [3.05, 3.63) is 85.8 Å². The first kappa shape index (κ1) is 24.1. The van der Waals surface area contributed by atoms with Crippen LogP contribution in [0.3, 0.4) is 0 Å². The van der Waals surface area contributed by atoms with Crippen molar-refractivity contribution in [3.8, 4) is 5.69 Å². The number of halogens is 1. The molecule has 0 aliphatic heterocycles. The highest BCUT2D eigenvalue weighted by Gasteiger charge is 2.23. The van der Waals surface area contributed by atoms with Gasteiger partial charge in [-0.3, -0.25) is 14.2 Å². The van der Waals surface area contributed by atoms with E-state index in [-0.39, 0.29) is 17.1 Å². The quantitative estimate of drug-likeness (QED) is 0.119. The van der Waals surface area contributed by atoms with Crippen LogP contribution >= 0.6 is 34.7 Å². The molecule has 0 saturated heterocycles. The highest BCUT2D eigenvalue weighted by Crippen LogP contribution is 2.35. The molecule has 0 fully saturated rings. The smallest absolute Gasteiger partial charge is 0.263 e. The molecule has 5 nitrogen and oxygen atoms in total. The summed E-state index contributed by atoms with van der Waals surface area (Å²) < 4.78 is 3.72. The molecule has 180 valence electrons. The Labute approximate surface area is 217 Å². The number of nitrogens with zero attached hydrogens (tertiary/aromatic N) is 3. The van der Waals surface area contributed by atoms with Gasteiger partial charge in [-0.15, -0.1) is 17.9 Å². The Morgan fingerprint density at radius 1 is 1.23 bits per heavy atom. The van der Waals surface area contributed by atoms with E-state index in [9.17, 15) is 9.59 Å². The van der Waals surface area contributed by atoms with Gasteiger partial charge in [-0.2, -0.15) is 0 Å². The van der Waals surface area contributed by atoms with Gasteiger partial charge >= 0.3 is 0 Å². The molecule has 4 aromatic rings. The molecule has 8 heteroatoms. The van der Waals surface area contributed by atoms with Gasteiger partial charge in [0.05, 0.1) is 11.1 Å². The Kier molecular flexibility index (Phi) is 6.75. The van der Waals surface area contributed by atoms with E-state index < -0.39 is 0 Å². The molecule has 1 aromatic carbocycles. The van der Waals surface area contributed by atoms with E-state index in [0.29, 0.717) is 22.3 Å². The maximum atomic E-state index is 13.4. The Morgan fingerprint density at radius 3 is 2.71 bits per heavy atom. The summed E-state index contributed by atoms with van der Waals surface area (Å²) in [7, 11) is 0. The molecule has 1 aliphatic rings. The summed E-state index contributed by atoms with van der Waals surface area (Å²) in [6.45, 7) is 8.13. The average Bonchev–Trinajstić information content (AvgIpc) is 3.37. The van der Waals surface area contributed by atoms with Crippen molar-refractivity contribution in [2.75, 3.05) is 5.75 Å². The van der Waals surface area contributed by atoms with Crippen LogP contribution in [0.15, 0.2) is 52.9 Å². The van der Waals surface area contributed by atoms with E-state index in [1.165, 1.54) is 22.2 Å². The Balaban J connectivity index is 1.45. The first-order chi connectivity index (χ1) is 16.9. The number of benzene rings is 1. The summed E-state index contributed by atoms with van der Waals surface area (Å²) in [6, 6.07) is 9.50. The van der Waals surface area contributed by atoms with Crippen molar-refractivity contribution in [2.24, 2.45) is 0 Å². The SMILES string of the molecule is C=CCn1c(SCC(=O)c2cc(C)n(-c3ccc(Cl)cc3)c2C)nc2sc3c(c2c1=O)CCCC3. The van der Waals surface area contributed by atoms with Crippen LogP contribution in [0.4, 0.5) is 0 Å². The molecule has 1 aliphatic carbocycles. The molecule has 3 aromatic heterocycles. The predicted octanol–water partition coefficient (Wildman–Crippen LogP) is 6.56. The number of thiophene rings is 1. The molecule has 0 amide bonds. The maximum Gasteiger partial charge on any atom is 0.263 e. The number of hydrogen-bond donors (Lipinski definition) is 0. The molecule has 5 rings (SSSR count). The van der Waals surface area contributed by atoms with E-state index in [0.717, 1.165) is 53.0 Å². The number of allylic oxidation sites excluding steroid dienone is 1. The lowest BCUT2D eigenvalue weighted by Gasteiger charge is -2.12. The van der Waals surface area contributed by atoms with E-state index in [1.54, 1.807) is 22.0 Å². The fraction of sp³-hybridized carbons (Fsp3) is 0.296. The number of aryl methyl sites for hydroxylation is 3. The Morgan fingerprint density at radius 2 is 1.97 bits per heavy atom. The van der Waals surface area contributed by atoms with E-state index in [4.69, 9.17) is 16.6 Å². The van der Waals surface area contributed by atoms with Gasteiger partial charge in [-0.05, 0) is 75.4 Å². The molecular formula is C27H26ClN3O2S2. The highest BCUT2D eigenvalue weighted by atomic mass is 35.5. The third-order valence-electron chi connectivity index (χ3n) is 6.50. The standard InChI is InChI=1S/C27H26ClN3O2S2/c1-4-13-30-26(33)24-20-7-5-6-8-23(20)35-25(24)29-27(30)34-15-22(32)21-14-16(2)31(17(21)3)19-11-9-18(28)10-12-19/h4,9-12,14H,1,5-8,13,15H2,2-3H3. The van der Waals surface area contributed by atoms with E-state index >= 15 is 0 Å². The molecule has 0 saturated carbocycles. The number of thioether (sulfide) groups is 1. The minimum absolute atomic E-state index is 0.00767. The van der Waals surface area contributed by atoms with Crippen LogP contribution < -0.4 is 5.56 Å². The molecule has 0 spiro atoms. The van der Waals surface area contributed by atoms with Gasteiger partial charge in [-0.25, -0.2) is 4.98 Å². The number of carbonyl (C=O) groups is 1. The van der Waals surface area contributed by atoms with Crippen molar-refractivity contribution in [1.82, 2.24) is 14.1 Å². The van der Waals surface area contributed by atoms with Crippen molar-refractivity contribution >= 4 is 50.7 Å². The normalized spacial score (nSPS) is 13.2. The van der Waals surface area contributed by atoms with Gasteiger partial charge in [0.1, 0.15) is 4.83 Å². The van der Waals surface area contributed by atoms with Gasteiger partial charge < -0.3 is 4.57 Å². The topological polar surface area (TPSA) is 56.9 Å². The molecule has 0 radical (unpaired) electrons. The monoisotopic (exact) mass is 523 g/mol. The van der Waals surface area contributed by atoms with Crippen LogP contribution in [-0.2, 0) is 19.4 Å². The van der Waals surface area contributed by atoms with Gasteiger partial charge in [0.15, 0.2) is 10.9 Å². The minimum Gasteiger partial charge on any atom is -0.318 e. The van der Waals surface area contributed by atoms with Gasteiger partial charge in [0, 0.05) is 39.1 Å². The fourth-order valence-corrected chi connectivity index (χ4v) is 7.18. The van der Waals surface area contributed by atoms with E-state index in [2.05, 4.69) is 11.1 Å². The maximum absolute atomic E-state index is 13.4. The zero-order chi connectivity index (χ0) is 24.7. The average molecular weight is 524 g/mol. The number of rotatable bonds is 7. The highest BCUT2D eigenvalue weighted by molar-refractivity contribution is 7.99. The van der Waals surface area contributed by atoms with Crippen LogP contribution in [0, 0.1) is 13.8 Å². The summed E-state index contributed by atoms with van der Waals surface area (Å²) in [5.74, 6) is 0.207. The lowest BCUT2D eigenvalue weighted by atomic mass is 9.97. The van der Waals surface area contributed by atoms with E-state index in [1.807, 2.05) is 44.2 Å². The van der Waals surface area contributed by atoms with Gasteiger partial charge in [0.25, 0.3) is 5.56 Å². The number of Topliss-reactive ketones (excluding diaryl/α,β-unsaturated/α-hetero) is 1. The van der Waals surface area contributed by atoms with Crippen LogP contribution in [0.25, 0.3) is 15.9 Å². The largest absolute Gasteiger partial charge is 0.318 e. The third-order valence-corrected chi connectivity index (χ3v) is 8.91. The second-order valence-electron chi connectivity index (χ2n) is 8.80. The summed E-state index contributed by atoms with van der Waals surface area (Å²) in [5, 5.41) is 2.00. The zero-order valence-corrected chi connectivity index (χ0v) is 22.2. The molecule has 3 heterocycles. The van der Waals surface area contributed by atoms with Crippen LogP contribution in [0.2, 0.25) is 5.02 Å². The molecule has 35 heavy (non-hydrogen) atoms. The van der Waals surface area contributed by atoms with Gasteiger partial charge in [0.2, 0.25) is 0 Å². The fourth-order valence-electron chi connectivity index (χ4n) is 4.86. The zero-order valence-electron chi connectivity index (χ0n) is 19.8. The predicted molar refractivity (Wildman–Crippen MR) is 146 cm³/mol. The summed E-state index contributed by atoms with van der Waals surface area (Å²) in [4.78, 5) is 33.6. The van der Waals surface area contributed by atoms with Crippen LogP contribution in [0.1, 0.15) is 45.0 Å². The second-order valence-corrected chi connectivity index (χ2v) is 11.3. The van der Waals surface area contributed by atoms with Crippen LogP contribution in [0.5, 0.6) is 0 Å². The first-order valence-electron chi connectivity index (χ1n) is 11.7.